The summed E-state index contributed by atoms with van der Waals surface area (Å²) in [4.78, 5) is 26.8. The number of nitrogens with two attached hydrogens (primary N) is 1. The largest absolute Gasteiger partial charge is 0.354 e. The lowest BCUT2D eigenvalue weighted by molar-refractivity contribution is 0.0955. The Balaban J connectivity index is 1.45. The van der Waals surface area contributed by atoms with E-state index in [4.69, 9.17) is 17.4 Å². The van der Waals surface area contributed by atoms with Crippen molar-refractivity contribution in [3.8, 4) is 10.6 Å². The summed E-state index contributed by atoms with van der Waals surface area (Å²) in [5.41, 5.74) is 3.37. The Hall–Kier alpha value is -2.30. The number of carbonyl (C=O) groups is 1. The van der Waals surface area contributed by atoms with Crippen molar-refractivity contribution in [3.05, 3.63) is 41.0 Å². The molecule has 0 atom stereocenters. The topological polar surface area (TPSA) is 99.4 Å². The van der Waals surface area contributed by atoms with E-state index in [0.717, 1.165) is 60.7 Å². The molecule has 1 aromatic carbocycles. The van der Waals surface area contributed by atoms with Crippen LogP contribution in [0.5, 0.6) is 0 Å². The minimum atomic E-state index is -0.327. The molecule has 1 aliphatic rings. The van der Waals surface area contributed by atoms with Crippen LogP contribution in [0, 0.1) is 0 Å². The monoisotopic (exact) mass is 459 g/mol. The lowest BCUT2D eigenvalue weighted by Crippen LogP contribution is -2.44. The first-order valence-electron chi connectivity index (χ1n) is 10.3. The van der Waals surface area contributed by atoms with Gasteiger partial charge in [-0.25, -0.2) is 15.8 Å². The highest BCUT2D eigenvalue weighted by atomic mass is 35.5. The molecule has 2 aromatic heterocycles. The van der Waals surface area contributed by atoms with Crippen LogP contribution in [-0.2, 0) is 0 Å². The van der Waals surface area contributed by atoms with Crippen LogP contribution < -0.4 is 16.6 Å². The van der Waals surface area contributed by atoms with Crippen molar-refractivity contribution in [3.63, 3.8) is 0 Å². The Morgan fingerprint density at radius 2 is 2.10 bits per heavy atom. The quantitative estimate of drug-likeness (QED) is 0.216. The smallest absolute Gasteiger partial charge is 0.265 e. The van der Waals surface area contributed by atoms with Crippen molar-refractivity contribution in [1.29, 1.82) is 0 Å². The highest BCUT2D eigenvalue weighted by Gasteiger charge is 2.16. The Morgan fingerprint density at radius 1 is 1.29 bits per heavy atom. The van der Waals surface area contributed by atoms with Crippen molar-refractivity contribution in [2.45, 2.75) is 6.42 Å². The minimum absolute atomic E-state index is 0.327. The molecule has 1 aliphatic heterocycles. The summed E-state index contributed by atoms with van der Waals surface area (Å²) in [7, 11) is 2.17. The average molecular weight is 460 g/mol. The van der Waals surface area contributed by atoms with Crippen LogP contribution in [0.15, 0.2) is 30.5 Å². The van der Waals surface area contributed by atoms with Gasteiger partial charge in [-0.2, -0.15) is 0 Å². The standard InChI is InChI=1S/C21H26ClN7OS/c1-28-8-10-29(11-9-28)7-3-6-24-21-25-13-16(22)19(26-21)18-12-15-14(20(30)27-23)4-2-5-17(15)31-18/h2,4-5,12-13H,3,6-11,23H2,1H3,(H,27,30)(H,24,25,26). The zero-order chi connectivity index (χ0) is 21.8. The second-order valence-electron chi connectivity index (χ2n) is 7.62. The van der Waals surface area contributed by atoms with E-state index in [2.05, 4.69) is 37.6 Å². The van der Waals surface area contributed by atoms with Gasteiger partial charge < -0.3 is 15.1 Å². The number of rotatable bonds is 7. The van der Waals surface area contributed by atoms with Gasteiger partial charge in [0.2, 0.25) is 5.95 Å². The molecule has 0 radical (unpaired) electrons. The number of carbonyl (C=O) groups excluding carboxylic acids is 1. The first-order valence-corrected chi connectivity index (χ1v) is 11.5. The number of aromatic nitrogens is 2. The summed E-state index contributed by atoms with van der Waals surface area (Å²) in [5.74, 6) is 5.54. The van der Waals surface area contributed by atoms with Gasteiger partial charge in [0, 0.05) is 48.4 Å². The van der Waals surface area contributed by atoms with Crippen LogP contribution in [0.1, 0.15) is 16.8 Å². The van der Waals surface area contributed by atoms with E-state index in [1.54, 1.807) is 12.3 Å². The van der Waals surface area contributed by atoms with E-state index in [1.807, 2.05) is 18.2 Å². The molecule has 4 N–H and O–H groups in total. The second kappa shape index (κ2) is 9.88. The highest BCUT2D eigenvalue weighted by molar-refractivity contribution is 7.22. The molecule has 164 valence electrons. The molecule has 1 fully saturated rings. The molecule has 0 bridgehead atoms. The maximum absolute atomic E-state index is 12.1. The Labute approximate surface area is 190 Å². The average Bonchev–Trinajstić information content (AvgIpc) is 3.22. The van der Waals surface area contributed by atoms with E-state index < -0.39 is 0 Å². The number of hydrogen-bond acceptors (Lipinski definition) is 8. The van der Waals surface area contributed by atoms with E-state index >= 15 is 0 Å². The fraction of sp³-hybridized carbons (Fsp3) is 0.381. The zero-order valence-corrected chi connectivity index (χ0v) is 19.0. The molecular formula is C21H26ClN7OS. The number of amides is 1. The highest BCUT2D eigenvalue weighted by Crippen LogP contribution is 2.37. The van der Waals surface area contributed by atoms with E-state index in [-0.39, 0.29) is 5.91 Å². The number of anilines is 1. The molecule has 0 spiro atoms. The summed E-state index contributed by atoms with van der Waals surface area (Å²) in [6.07, 6.45) is 2.63. The minimum Gasteiger partial charge on any atom is -0.354 e. The number of nitrogen functional groups attached to an aromatic ring is 1. The van der Waals surface area contributed by atoms with Gasteiger partial charge in [-0.3, -0.25) is 10.2 Å². The number of halogens is 1. The molecule has 3 heterocycles. The summed E-state index contributed by atoms with van der Waals surface area (Å²) in [6.45, 7) is 6.34. The van der Waals surface area contributed by atoms with Crippen LogP contribution in [0.3, 0.4) is 0 Å². The van der Waals surface area contributed by atoms with Gasteiger partial charge in [-0.15, -0.1) is 11.3 Å². The Kier molecular flexibility index (Phi) is 6.99. The second-order valence-corrected chi connectivity index (χ2v) is 9.11. The maximum Gasteiger partial charge on any atom is 0.265 e. The molecular weight excluding hydrogens is 434 g/mol. The number of nitrogens with zero attached hydrogens (tertiary/aromatic N) is 4. The van der Waals surface area contributed by atoms with Crippen molar-refractivity contribution in [2.75, 3.05) is 51.6 Å². The van der Waals surface area contributed by atoms with Gasteiger partial charge in [0.25, 0.3) is 5.91 Å². The fourth-order valence-electron chi connectivity index (χ4n) is 3.65. The van der Waals surface area contributed by atoms with E-state index in [1.165, 1.54) is 11.3 Å². The summed E-state index contributed by atoms with van der Waals surface area (Å²) >= 11 is 7.94. The number of hydrogen-bond donors (Lipinski definition) is 3. The van der Waals surface area contributed by atoms with E-state index in [0.29, 0.717) is 22.2 Å². The molecule has 10 heteroatoms. The number of nitrogens with one attached hydrogen (secondary N) is 2. The Bertz CT molecular complexity index is 1070. The van der Waals surface area contributed by atoms with Crippen LogP contribution in [0.2, 0.25) is 5.02 Å². The fourth-order valence-corrected chi connectivity index (χ4v) is 4.99. The van der Waals surface area contributed by atoms with Crippen molar-refractivity contribution in [2.24, 2.45) is 5.84 Å². The Morgan fingerprint density at radius 3 is 2.87 bits per heavy atom. The normalized spacial score (nSPS) is 15.3. The van der Waals surface area contributed by atoms with E-state index in [9.17, 15) is 4.79 Å². The molecule has 8 nitrogen and oxygen atoms in total. The summed E-state index contributed by atoms with van der Waals surface area (Å²) in [5, 5.41) is 4.60. The van der Waals surface area contributed by atoms with Gasteiger partial charge in [0.15, 0.2) is 0 Å². The molecule has 0 aliphatic carbocycles. The van der Waals surface area contributed by atoms with Crippen molar-refractivity contribution >= 4 is 44.9 Å². The maximum atomic E-state index is 12.1. The third-order valence-corrected chi connectivity index (χ3v) is 6.83. The number of benzene rings is 1. The predicted octanol–water partition coefficient (Wildman–Crippen LogP) is 2.66. The van der Waals surface area contributed by atoms with Gasteiger partial charge >= 0.3 is 0 Å². The predicted molar refractivity (Wildman–Crippen MR) is 127 cm³/mol. The van der Waals surface area contributed by atoms with Gasteiger partial charge in [0.05, 0.1) is 16.1 Å². The molecule has 0 saturated carbocycles. The zero-order valence-electron chi connectivity index (χ0n) is 17.4. The SMILES string of the molecule is CN1CCN(CCCNc2ncc(Cl)c(-c3cc4c(C(=O)NN)cccc4s3)n2)CC1. The molecule has 31 heavy (non-hydrogen) atoms. The molecule has 1 amide bonds. The van der Waals surface area contributed by atoms with Crippen LogP contribution in [-0.4, -0.2) is 72.0 Å². The molecule has 3 aromatic rings. The van der Waals surface area contributed by atoms with Gasteiger partial charge in [0.1, 0.15) is 5.69 Å². The number of hydrazine groups is 1. The van der Waals surface area contributed by atoms with Crippen LogP contribution >= 0.6 is 22.9 Å². The lowest BCUT2D eigenvalue weighted by atomic mass is 10.1. The lowest BCUT2D eigenvalue weighted by Gasteiger charge is -2.32. The first kappa shape index (κ1) is 21.9. The molecule has 0 unspecified atom stereocenters. The third-order valence-electron chi connectivity index (χ3n) is 5.44. The number of thiophene rings is 1. The van der Waals surface area contributed by atoms with Crippen molar-refractivity contribution in [1.82, 2.24) is 25.2 Å². The van der Waals surface area contributed by atoms with Crippen LogP contribution in [0.4, 0.5) is 5.95 Å². The third kappa shape index (κ3) is 5.13. The summed E-state index contributed by atoms with van der Waals surface area (Å²) in [6, 6.07) is 7.47. The number of piperazine rings is 1. The first-order chi connectivity index (χ1) is 15.0. The number of fused-ring (bicyclic) bond motifs is 1. The van der Waals surface area contributed by atoms with Gasteiger partial charge in [-0.1, -0.05) is 17.7 Å². The van der Waals surface area contributed by atoms with Crippen molar-refractivity contribution < 1.29 is 4.79 Å². The van der Waals surface area contributed by atoms with Crippen LogP contribution in [0.25, 0.3) is 20.7 Å². The van der Waals surface area contributed by atoms with Gasteiger partial charge in [-0.05, 0) is 38.2 Å². The summed E-state index contributed by atoms with van der Waals surface area (Å²) < 4.78 is 0.965. The number of likely N-dealkylation sites (N-methyl/N-ethyl adjacent to an activating group) is 1. The molecule has 4 rings (SSSR count). The molecule has 1 saturated heterocycles.